The van der Waals surface area contributed by atoms with E-state index in [1.54, 1.807) is 24.7 Å². The van der Waals surface area contributed by atoms with Gasteiger partial charge < -0.3 is 4.98 Å². The molecule has 0 saturated heterocycles. The number of nitrogens with one attached hydrogen (secondary N) is 1. The molecule has 0 spiro atoms. The number of aromatic amines is 1. The first-order valence-corrected chi connectivity index (χ1v) is 5.04. The predicted octanol–water partition coefficient (Wildman–Crippen LogP) is 3.27. The maximum absolute atomic E-state index is 8.52. The smallest absolute Gasteiger partial charge is 0.0927 e. The van der Waals surface area contributed by atoms with Gasteiger partial charge in [0.25, 0.3) is 0 Å². The van der Waals surface area contributed by atoms with Gasteiger partial charge in [-0.25, -0.2) is 4.98 Å². The monoisotopic (exact) mass is 229 g/mol. The van der Waals surface area contributed by atoms with Crippen molar-refractivity contribution in [3.05, 3.63) is 47.4 Å². The zero-order valence-electron chi connectivity index (χ0n) is 8.31. The highest BCUT2D eigenvalue weighted by molar-refractivity contribution is 6.31. The van der Waals surface area contributed by atoms with Gasteiger partial charge in [-0.1, -0.05) is 17.7 Å². The van der Waals surface area contributed by atoms with Crippen molar-refractivity contribution in [1.82, 2.24) is 9.97 Å². The van der Waals surface area contributed by atoms with E-state index in [0.29, 0.717) is 5.02 Å². The van der Waals surface area contributed by atoms with Gasteiger partial charge in [-0.2, -0.15) is 5.26 Å². The molecule has 0 radical (unpaired) electrons. The first kappa shape index (κ1) is 10.5. The summed E-state index contributed by atoms with van der Waals surface area (Å²) in [5, 5.41) is 9.16. The lowest BCUT2D eigenvalue weighted by Crippen LogP contribution is -1.83. The Kier molecular flexibility index (Phi) is 3.04. The van der Waals surface area contributed by atoms with Crippen molar-refractivity contribution in [3.8, 4) is 17.3 Å². The molecule has 1 aromatic heterocycles. The summed E-state index contributed by atoms with van der Waals surface area (Å²) in [6.45, 7) is 0. The van der Waals surface area contributed by atoms with Crippen LogP contribution in [0.1, 0.15) is 5.56 Å². The molecule has 4 heteroatoms. The third-order valence-corrected chi connectivity index (χ3v) is 2.36. The number of halogens is 1. The Morgan fingerprint density at radius 2 is 2.31 bits per heavy atom. The summed E-state index contributed by atoms with van der Waals surface area (Å²) >= 11 is 5.94. The zero-order chi connectivity index (χ0) is 11.4. The number of H-pyrrole nitrogens is 1. The van der Waals surface area contributed by atoms with E-state index in [0.717, 1.165) is 16.8 Å². The Hall–Kier alpha value is -2.05. The summed E-state index contributed by atoms with van der Waals surface area (Å²) in [6.07, 6.45) is 6.56. The molecule has 0 fully saturated rings. The van der Waals surface area contributed by atoms with Crippen LogP contribution >= 0.6 is 11.6 Å². The summed E-state index contributed by atoms with van der Waals surface area (Å²) in [7, 11) is 0. The van der Waals surface area contributed by atoms with E-state index in [1.165, 1.54) is 6.08 Å². The number of aromatic nitrogens is 2. The second-order valence-corrected chi connectivity index (χ2v) is 3.58. The third-order valence-electron chi connectivity index (χ3n) is 2.13. The van der Waals surface area contributed by atoms with E-state index in [4.69, 9.17) is 16.9 Å². The van der Waals surface area contributed by atoms with Crippen LogP contribution in [-0.2, 0) is 0 Å². The van der Waals surface area contributed by atoms with Gasteiger partial charge in [0.15, 0.2) is 0 Å². The van der Waals surface area contributed by atoms with Gasteiger partial charge in [0.05, 0.1) is 18.1 Å². The molecule has 0 amide bonds. The number of allylic oxidation sites excluding steroid dienone is 1. The lowest BCUT2D eigenvalue weighted by molar-refractivity contribution is 1.31. The van der Waals surface area contributed by atoms with Crippen LogP contribution in [0, 0.1) is 11.3 Å². The number of nitriles is 1. The summed E-state index contributed by atoms with van der Waals surface area (Å²) in [5.41, 5.74) is 2.62. The fourth-order valence-corrected chi connectivity index (χ4v) is 1.60. The second-order valence-electron chi connectivity index (χ2n) is 3.15. The summed E-state index contributed by atoms with van der Waals surface area (Å²) < 4.78 is 0. The van der Waals surface area contributed by atoms with Crippen LogP contribution in [-0.4, -0.2) is 9.97 Å². The fraction of sp³-hybridized carbons (Fsp3) is 0. The molecular weight excluding hydrogens is 222 g/mol. The molecule has 16 heavy (non-hydrogen) atoms. The molecule has 0 aliphatic heterocycles. The second kappa shape index (κ2) is 4.65. The molecule has 0 aliphatic rings. The first-order chi connectivity index (χ1) is 7.81. The van der Waals surface area contributed by atoms with Crippen molar-refractivity contribution in [2.75, 3.05) is 0 Å². The zero-order valence-corrected chi connectivity index (χ0v) is 9.07. The van der Waals surface area contributed by atoms with Crippen molar-refractivity contribution < 1.29 is 0 Å². The molecular formula is C12H8ClN3. The number of benzene rings is 1. The molecule has 1 heterocycles. The van der Waals surface area contributed by atoms with E-state index in [9.17, 15) is 0 Å². The summed E-state index contributed by atoms with van der Waals surface area (Å²) in [5.74, 6) is 0. The average Bonchev–Trinajstić information content (AvgIpc) is 2.80. The van der Waals surface area contributed by atoms with Crippen molar-refractivity contribution >= 4 is 17.7 Å². The van der Waals surface area contributed by atoms with Crippen LogP contribution in [0.25, 0.3) is 17.3 Å². The van der Waals surface area contributed by atoms with Gasteiger partial charge >= 0.3 is 0 Å². The Morgan fingerprint density at radius 1 is 1.44 bits per heavy atom. The highest BCUT2D eigenvalue weighted by Gasteiger charge is 2.05. The van der Waals surface area contributed by atoms with Crippen molar-refractivity contribution in [1.29, 1.82) is 5.26 Å². The molecule has 0 saturated carbocycles. The minimum atomic E-state index is 0.645. The quantitative estimate of drug-likeness (QED) is 0.804. The molecule has 3 nitrogen and oxygen atoms in total. The van der Waals surface area contributed by atoms with Crippen LogP contribution in [0.5, 0.6) is 0 Å². The number of nitrogens with zero attached hydrogens (tertiary/aromatic N) is 2. The average molecular weight is 230 g/mol. The SMILES string of the molecule is N#CC=Cc1ccc(Cl)cc1-c1c[nH]cn1. The molecule has 78 valence electrons. The van der Waals surface area contributed by atoms with Gasteiger partial charge in [0.1, 0.15) is 0 Å². The Morgan fingerprint density at radius 3 is 3.00 bits per heavy atom. The maximum atomic E-state index is 8.52. The molecule has 2 aromatic rings. The van der Waals surface area contributed by atoms with Crippen LogP contribution in [0.2, 0.25) is 5.02 Å². The number of rotatable bonds is 2. The standard InChI is InChI=1S/C12H8ClN3/c13-10-4-3-9(2-1-5-14)11(6-10)12-7-15-8-16-12/h1-4,6-8H,(H,15,16). The van der Waals surface area contributed by atoms with Crippen LogP contribution in [0.4, 0.5) is 0 Å². The minimum absolute atomic E-state index is 0.645. The molecule has 0 aliphatic carbocycles. The summed E-state index contributed by atoms with van der Waals surface area (Å²) in [4.78, 5) is 7.05. The van der Waals surface area contributed by atoms with Gasteiger partial charge in [0, 0.05) is 22.9 Å². The highest BCUT2D eigenvalue weighted by Crippen LogP contribution is 2.26. The van der Waals surface area contributed by atoms with Crippen molar-refractivity contribution in [3.63, 3.8) is 0 Å². The van der Waals surface area contributed by atoms with E-state index in [-0.39, 0.29) is 0 Å². The maximum Gasteiger partial charge on any atom is 0.0927 e. The Bertz CT molecular complexity index is 550. The number of hydrogen-bond acceptors (Lipinski definition) is 2. The lowest BCUT2D eigenvalue weighted by atomic mass is 10.0. The molecule has 0 bridgehead atoms. The van der Waals surface area contributed by atoms with Crippen molar-refractivity contribution in [2.24, 2.45) is 0 Å². The third kappa shape index (κ3) is 2.13. The largest absolute Gasteiger partial charge is 0.351 e. The number of hydrogen-bond donors (Lipinski definition) is 1. The predicted molar refractivity (Wildman–Crippen MR) is 63.7 cm³/mol. The van der Waals surface area contributed by atoms with Crippen molar-refractivity contribution in [2.45, 2.75) is 0 Å². The molecule has 0 unspecified atom stereocenters. The highest BCUT2D eigenvalue weighted by atomic mass is 35.5. The Balaban J connectivity index is 2.54. The number of imidazole rings is 1. The molecule has 0 atom stereocenters. The van der Waals surface area contributed by atoms with Crippen LogP contribution < -0.4 is 0 Å². The molecule has 1 N–H and O–H groups in total. The molecule has 1 aromatic carbocycles. The summed E-state index contributed by atoms with van der Waals surface area (Å²) in [6, 6.07) is 7.44. The van der Waals surface area contributed by atoms with Gasteiger partial charge in [-0.15, -0.1) is 0 Å². The topological polar surface area (TPSA) is 52.5 Å². The van der Waals surface area contributed by atoms with E-state index in [1.807, 2.05) is 18.2 Å². The van der Waals surface area contributed by atoms with E-state index < -0.39 is 0 Å². The van der Waals surface area contributed by atoms with E-state index in [2.05, 4.69) is 9.97 Å². The van der Waals surface area contributed by atoms with Crippen LogP contribution in [0.3, 0.4) is 0 Å². The van der Waals surface area contributed by atoms with E-state index >= 15 is 0 Å². The molecule has 2 rings (SSSR count). The van der Waals surface area contributed by atoms with Gasteiger partial charge in [0.2, 0.25) is 0 Å². The fourth-order valence-electron chi connectivity index (χ4n) is 1.43. The first-order valence-electron chi connectivity index (χ1n) is 4.66. The van der Waals surface area contributed by atoms with Gasteiger partial charge in [-0.3, -0.25) is 0 Å². The van der Waals surface area contributed by atoms with Crippen LogP contribution in [0.15, 0.2) is 36.8 Å². The lowest BCUT2D eigenvalue weighted by Gasteiger charge is -2.03. The minimum Gasteiger partial charge on any atom is -0.351 e. The Labute approximate surface area is 98.0 Å². The van der Waals surface area contributed by atoms with Gasteiger partial charge in [-0.05, 0) is 23.8 Å². The normalized spacial score (nSPS) is 10.5.